The van der Waals surface area contributed by atoms with Gasteiger partial charge in [-0.2, -0.15) is 0 Å². The maximum atomic E-state index is 9.59. The van der Waals surface area contributed by atoms with Gasteiger partial charge in [0.2, 0.25) is 0 Å². The van der Waals surface area contributed by atoms with Crippen LogP contribution in [0.1, 0.15) is 24.0 Å². The topological polar surface area (TPSA) is 24.6 Å². The molecule has 5 rings (SSSR count). The predicted octanol–water partition coefficient (Wildman–Crippen LogP) is 4.78. The third-order valence-electron chi connectivity index (χ3n) is 5.02. The van der Waals surface area contributed by atoms with Crippen LogP contribution in [0.5, 0.6) is 5.75 Å². The summed E-state index contributed by atoms with van der Waals surface area (Å²) in [5.74, 6) is 0.326. The van der Waals surface area contributed by atoms with Gasteiger partial charge >= 0.3 is 0 Å². The second-order valence-corrected chi connectivity index (χ2v) is 6.29. The van der Waals surface area contributed by atoms with Crippen LogP contribution in [0.25, 0.3) is 27.7 Å². The summed E-state index contributed by atoms with van der Waals surface area (Å²) in [5.41, 5.74) is 9.53. The Morgan fingerprint density at radius 3 is 2.45 bits per heavy atom. The zero-order valence-electron chi connectivity index (χ0n) is 12.3. The molecule has 4 aromatic rings. The van der Waals surface area contributed by atoms with Gasteiger partial charge in [0.15, 0.2) is 0 Å². The summed E-state index contributed by atoms with van der Waals surface area (Å²) >= 11 is 0. The molecule has 1 aromatic carbocycles. The third kappa shape index (κ3) is 1.50. The van der Waals surface area contributed by atoms with Gasteiger partial charge in [0.05, 0.1) is 11.0 Å². The number of hydrogen-bond donors (Lipinski definition) is 1. The fourth-order valence-electron chi connectivity index (χ4n) is 4.05. The summed E-state index contributed by atoms with van der Waals surface area (Å²) in [5, 5.41) is 9.59. The molecule has 1 aliphatic rings. The number of phenols is 1. The van der Waals surface area contributed by atoms with Gasteiger partial charge < -0.3 is 9.51 Å². The molecule has 2 nitrogen and oxygen atoms in total. The summed E-state index contributed by atoms with van der Waals surface area (Å²) in [6.45, 7) is 0. The highest BCUT2D eigenvalue weighted by Gasteiger charge is 2.22. The fourth-order valence-corrected chi connectivity index (χ4v) is 4.05. The van der Waals surface area contributed by atoms with E-state index in [-0.39, 0.29) is 0 Å². The van der Waals surface area contributed by atoms with Gasteiger partial charge in [-0.1, -0.05) is 18.2 Å². The van der Waals surface area contributed by atoms with E-state index < -0.39 is 0 Å². The van der Waals surface area contributed by atoms with Crippen molar-refractivity contribution in [3.8, 4) is 16.9 Å². The minimum atomic E-state index is 0.326. The van der Waals surface area contributed by atoms with Gasteiger partial charge in [-0.05, 0) is 72.7 Å². The van der Waals surface area contributed by atoms with E-state index in [4.69, 9.17) is 0 Å². The molecular weight excluding hydrogens is 270 g/mol. The monoisotopic (exact) mass is 287 g/mol. The Morgan fingerprint density at radius 1 is 0.818 bits per heavy atom. The SMILES string of the molecule is Oc1ccc(-c2c3c4c(ccc5ccc2n54)CCCC3)cc1. The predicted molar refractivity (Wildman–Crippen MR) is 89.8 cm³/mol. The van der Waals surface area contributed by atoms with Crippen molar-refractivity contribution >= 4 is 16.6 Å². The van der Waals surface area contributed by atoms with E-state index in [1.165, 1.54) is 58.1 Å². The minimum Gasteiger partial charge on any atom is -0.508 e. The first-order valence-corrected chi connectivity index (χ1v) is 7.99. The van der Waals surface area contributed by atoms with Crippen LogP contribution >= 0.6 is 0 Å². The molecule has 0 radical (unpaired) electrons. The molecule has 0 saturated carbocycles. The van der Waals surface area contributed by atoms with Crippen molar-refractivity contribution in [2.75, 3.05) is 0 Å². The van der Waals surface area contributed by atoms with Crippen LogP contribution in [-0.2, 0) is 12.8 Å². The van der Waals surface area contributed by atoms with E-state index in [9.17, 15) is 5.11 Å². The van der Waals surface area contributed by atoms with E-state index in [1.807, 2.05) is 12.1 Å². The maximum Gasteiger partial charge on any atom is 0.115 e. The summed E-state index contributed by atoms with van der Waals surface area (Å²) in [7, 11) is 0. The van der Waals surface area contributed by atoms with Crippen LogP contribution < -0.4 is 0 Å². The molecular formula is C20H17NO. The van der Waals surface area contributed by atoms with Crippen molar-refractivity contribution in [3.05, 3.63) is 59.7 Å². The highest BCUT2D eigenvalue weighted by Crippen LogP contribution is 2.40. The Kier molecular flexibility index (Phi) is 2.34. The fraction of sp³-hybridized carbons (Fsp3) is 0.200. The number of aryl methyl sites for hydroxylation is 2. The van der Waals surface area contributed by atoms with Gasteiger partial charge in [-0.15, -0.1) is 0 Å². The van der Waals surface area contributed by atoms with Gasteiger partial charge in [-0.25, -0.2) is 0 Å². The lowest BCUT2D eigenvalue weighted by Crippen LogP contribution is -1.90. The van der Waals surface area contributed by atoms with Crippen LogP contribution in [0, 0.1) is 0 Å². The van der Waals surface area contributed by atoms with Crippen LogP contribution in [0.3, 0.4) is 0 Å². The smallest absolute Gasteiger partial charge is 0.115 e. The van der Waals surface area contributed by atoms with E-state index in [1.54, 1.807) is 12.1 Å². The molecule has 2 heteroatoms. The molecule has 0 fully saturated rings. The van der Waals surface area contributed by atoms with Crippen molar-refractivity contribution < 1.29 is 5.11 Å². The molecule has 3 aromatic heterocycles. The summed E-state index contributed by atoms with van der Waals surface area (Å²) in [4.78, 5) is 0. The standard InChI is InChI=1S/C20H17NO/c22-16-10-6-13(7-11-16)19-17-4-2-1-3-14-5-8-15-9-12-18(19)21(15)20(14)17/h5-12,22H,1-4H2. The molecule has 0 aliphatic heterocycles. The number of hydrogen-bond acceptors (Lipinski definition) is 1. The number of nitrogens with zero attached hydrogens (tertiary/aromatic N) is 1. The van der Waals surface area contributed by atoms with Crippen LogP contribution in [0.2, 0.25) is 0 Å². The van der Waals surface area contributed by atoms with E-state index in [0.717, 1.165) is 6.42 Å². The number of pyridine rings is 1. The van der Waals surface area contributed by atoms with Crippen molar-refractivity contribution in [1.82, 2.24) is 4.40 Å². The molecule has 0 unspecified atom stereocenters. The van der Waals surface area contributed by atoms with Crippen molar-refractivity contribution in [2.24, 2.45) is 0 Å². The zero-order valence-corrected chi connectivity index (χ0v) is 12.3. The second-order valence-electron chi connectivity index (χ2n) is 6.29. The first-order chi connectivity index (χ1) is 10.8. The van der Waals surface area contributed by atoms with E-state index in [0.29, 0.717) is 5.75 Å². The molecule has 1 N–H and O–H groups in total. The van der Waals surface area contributed by atoms with Gasteiger partial charge in [0.25, 0.3) is 0 Å². The molecule has 0 atom stereocenters. The number of aromatic hydroxyl groups is 1. The van der Waals surface area contributed by atoms with Crippen molar-refractivity contribution in [1.29, 1.82) is 0 Å². The third-order valence-corrected chi connectivity index (χ3v) is 5.02. The lowest BCUT2D eigenvalue weighted by molar-refractivity contribution is 0.475. The number of rotatable bonds is 1. The molecule has 0 amide bonds. The summed E-state index contributed by atoms with van der Waals surface area (Å²) in [6, 6.07) is 16.6. The van der Waals surface area contributed by atoms with Gasteiger partial charge in [0.1, 0.15) is 5.75 Å². The lowest BCUT2D eigenvalue weighted by atomic mass is 9.98. The molecule has 0 spiro atoms. The van der Waals surface area contributed by atoms with Gasteiger partial charge in [0, 0.05) is 11.1 Å². The number of aromatic nitrogens is 1. The van der Waals surface area contributed by atoms with E-state index in [2.05, 4.69) is 28.7 Å². The highest BCUT2D eigenvalue weighted by atomic mass is 16.3. The Balaban J connectivity index is 1.94. The summed E-state index contributed by atoms with van der Waals surface area (Å²) in [6.07, 6.45) is 4.83. The average Bonchev–Trinajstić information content (AvgIpc) is 3.02. The first-order valence-electron chi connectivity index (χ1n) is 7.99. The van der Waals surface area contributed by atoms with Crippen LogP contribution in [0.4, 0.5) is 0 Å². The Morgan fingerprint density at radius 2 is 1.59 bits per heavy atom. The van der Waals surface area contributed by atoms with Gasteiger partial charge in [-0.3, -0.25) is 0 Å². The van der Waals surface area contributed by atoms with Crippen LogP contribution in [0.15, 0.2) is 48.5 Å². The van der Waals surface area contributed by atoms with Crippen LogP contribution in [-0.4, -0.2) is 9.51 Å². The zero-order chi connectivity index (χ0) is 14.7. The minimum absolute atomic E-state index is 0.326. The molecule has 0 saturated heterocycles. The highest BCUT2D eigenvalue weighted by molar-refractivity contribution is 5.96. The molecule has 0 bridgehead atoms. The van der Waals surface area contributed by atoms with Crippen molar-refractivity contribution in [3.63, 3.8) is 0 Å². The number of benzene rings is 1. The molecule has 3 heterocycles. The molecule has 22 heavy (non-hydrogen) atoms. The lowest BCUT2D eigenvalue weighted by Gasteiger charge is -2.05. The largest absolute Gasteiger partial charge is 0.508 e. The van der Waals surface area contributed by atoms with E-state index >= 15 is 0 Å². The second kappa shape index (κ2) is 4.26. The molecule has 1 aliphatic carbocycles. The molecule has 108 valence electrons. The quantitative estimate of drug-likeness (QED) is 0.535. The Bertz CT molecular complexity index is 978. The average molecular weight is 287 g/mol. The maximum absolute atomic E-state index is 9.59. The Hall–Kier alpha value is -2.48. The first kappa shape index (κ1) is 12.1. The normalized spacial score (nSPS) is 14.7. The number of phenolic OH excluding ortho intramolecular Hbond substituents is 1. The summed E-state index contributed by atoms with van der Waals surface area (Å²) < 4.78 is 2.43. The van der Waals surface area contributed by atoms with Crippen molar-refractivity contribution in [2.45, 2.75) is 25.7 Å². The Labute approximate surface area is 129 Å².